The molecule has 0 spiro atoms. The highest BCUT2D eigenvalue weighted by Gasteiger charge is 2.45. The molecule has 2 fully saturated rings. The van der Waals surface area contributed by atoms with Crippen molar-refractivity contribution in [2.24, 2.45) is 17.8 Å². The summed E-state index contributed by atoms with van der Waals surface area (Å²) in [5, 5.41) is 10.9. The molecule has 2 bridgehead atoms. The van der Waals surface area contributed by atoms with Crippen molar-refractivity contribution in [1.29, 1.82) is 0 Å². The average molecular weight is 286 g/mol. The van der Waals surface area contributed by atoms with E-state index in [1.165, 1.54) is 25.3 Å². The Bertz CT molecular complexity index is 628. The van der Waals surface area contributed by atoms with Crippen LogP contribution in [0.25, 0.3) is 0 Å². The molecule has 5 nitrogen and oxygen atoms in total. The molecule has 21 heavy (non-hydrogen) atoms. The molecule has 5 heteroatoms. The lowest BCUT2D eigenvalue weighted by Crippen LogP contribution is -2.37. The maximum absolute atomic E-state index is 12.8. The van der Waals surface area contributed by atoms with Crippen molar-refractivity contribution in [1.82, 2.24) is 0 Å². The Morgan fingerprint density at radius 1 is 1.29 bits per heavy atom. The number of carbonyl (C=O) groups is 1. The first-order chi connectivity index (χ1) is 10.1. The van der Waals surface area contributed by atoms with Crippen molar-refractivity contribution < 1.29 is 9.72 Å². The number of anilines is 1. The Morgan fingerprint density at radius 3 is 2.81 bits per heavy atom. The SMILES string of the molecule is O=C(C1CC2CCC1C2)N1CCc2ccc([N+](=O)[O-])cc21. The molecule has 2 saturated carbocycles. The van der Waals surface area contributed by atoms with Crippen LogP contribution in [0.3, 0.4) is 0 Å². The van der Waals surface area contributed by atoms with Crippen LogP contribution in [0.4, 0.5) is 11.4 Å². The van der Waals surface area contributed by atoms with E-state index >= 15 is 0 Å². The summed E-state index contributed by atoms with van der Waals surface area (Å²) in [6.45, 7) is 0.670. The van der Waals surface area contributed by atoms with Gasteiger partial charge in [0.25, 0.3) is 5.69 Å². The number of hydrogen-bond acceptors (Lipinski definition) is 3. The molecule has 0 N–H and O–H groups in total. The zero-order chi connectivity index (χ0) is 14.6. The zero-order valence-corrected chi connectivity index (χ0v) is 11.8. The largest absolute Gasteiger partial charge is 0.311 e. The van der Waals surface area contributed by atoms with Gasteiger partial charge in [-0.25, -0.2) is 0 Å². The van der Waals surface area contributed by atoms with E-state index in [2.05, 4.69) is 0 Å². The number of non-ortho nitro benzene ring substituents is 1. The topological polar surface area (TPSA) is 63.5 Å². The molecule has 2 aliphatic carbocycles. The minimum Gasteiger partial charge on any atom is -0.311 e. The smallest absolute Gasteiger partial charge is 0.271 e. The van der Waals surface area contributed by atoms with Crippen LogP contribution in [0.15, 0.2) is 18.2 Å². The van der Waals surface area contributed by atoms with Crippen LogP contribution in [0.5, 0.6) is 0 Å². The minimum atomic E-state index is -0.390. The molecule has 1 aromatic rings. The first-order valence-electron chi connectivity index (χ1n) is 7.72. The summed E-state index contributed by atoms with van der Waals surface area (Å²) in [4.78, 5) is 25.2. The van der Waals surface area contributed by atoms with E-state index in [1.807, 2.05) is 0 Å². The van der Waals surface area contributed by atoms with Crippen LogP contribution in [0, 0.1) is 27.9 Å². The number of nitro groups is 1. The number of rotatable bonds is 2. The van der Waals surface area contributed by atoms with Crippen molar-refractivity contribution in [3.8, 4) is 0 Å². The van der Waals surface area contributed by atoms with Crippen LogP contribution < -0.4 is 4.90 Å². The molecule has 3 aliphatic rings. The van der Waals surface area contributed by atoms with Gasteiger partial charge in [-0.2, -0.15) is 0 Å². The van der Waals surface area contributed by atoms with Gasteiger partial charge in [0, 0.05) is 24.6 Å². The molecule has 0 radical (unpaired) electrons. The number of nitrogens with zero attached hydrogens (tertiary/aromatic N) is 2. The van der Waals surface area contributed by atoms with Crippen molar-refractivity contribution in [2.75, 3.05) is 11.4 Å². The Morgan fingerprint density at radius 2 is 2.14 bits per heavy atom. The molecular weight excluding hydrogens is 268 g/mol. The Hall–Kier alpha value is -1.91. The standard InChI is InChI=1S/C16H18N2O3/c19-16(14-8-10-1-2-12(14)7-10)17-6-5-11-3-4-13(18(20)21)9-15(11)17/h3-4,9-10,12,14H,1-2,5-8H2. The normalized spacial score (nSPS) is 29.7. The molecule has 1 heterocycles. The highest BCUT2D eigenvalue weighted by atomic mass is 16.6. The number of benzene rings is 1. The van der Waals surface area contributed by atoms with Gasteiger partial charge in [-0.05, 0) is 43.1 Å². The van der Waals surface area contributed by atoms with E-state index < -0.39 is 4.92 Å². The number of fused-ring (bicyclic) bond motifs is 3. The molecule has 4 rings (SSSR count). The van der Waals surface area contributed by atoms with Crippen molar-refractivity contribution >= 4 is 17.3 Å². The summed E-state index contributed by atoms with van der Waals surface area (Å²) in [6, 6.07) is 4.89. The van der Waals surface area contributed by atoms with E-state index in [0.29, 0.717) is 12.5 Å². The second-order valence-electron chi connectivity index (χ2n) is 6.59. The predicted octanol–water partition coefficient (Wildman–Crippen LogP) is 2.92. The van der Waals surface area contributed by atoms with Crippen molar-refractivity contribution in [3.05, 3.63) is 33.9 Å². The maximum atomic E-state index is 12.8. The fourth-order valence-corrected chi connectivity index (χ4v) is 4.46. The monoisotopic (exact) mass is 286 g/mol. The third-order valence-electron chi connectivity index (χ3n) is 5.50. The number of amides is 1. The highest BCUT2D eigenvalue weighted by molar-refractivity contribution is 5.97. The van der Waals surface area contributed by atoms with E-state index in [-0.39, 0.29) is 17.5 Å². The lowest BCUT2D eigenvalue weighted by atomic mass is 9.88. The molecule has 3 atom stereocenters. The van der Waals surface area contributed by atoms with Crippen LogP contribution in [0.1, 0.15) is 31.2 Å². The van der Waals surface area contributed by atoms with Gasteiger partial charge in [0.05, 0.1) is 10.6 Å². The van der Waals surface area contributed by atoms with Crippen LogP contribution in [0.2, 0.25) is 0 Å². The van der Waals surface area contributed by atoms with Crippen LogP contribution in [-0.4, -0.2) is 17.4 Å². The summed E-state index contributed by atoms with van der Waals surface area (Å²) < 4.78 is 0. The molecule has 1 aromatic carbocycles. The number of nitro benzene ring substituents is 1. The molecular formula is C16H18N2O3. The van der Waals surface area contributed by atoms with Gasteiger partial charge in [-0.3, -0.25) is 14.9 Å². The Balaban J connectivity index is 1.62. The first-order valence-corrected chi connectivity index (χ1v) is 7.72. The highest BCUT2D eigenvalue weighted by Crippen LogP contribution is 2.49. The Labute approximate surface area is 123 Å². The quantitative estimate of drug-likeness (QED) is 0.620. The number of carbonyl (C=O) groups excluding carboxylic acids is 1. The molecule has 3 unspecified atom stereocenters. The second kappa shape index (κ2) is 4.55. The summed E-state index contributed by atoms with van der Waals surface area (Å²) >= 11 is 0. The lowest BCUT2D eigenvalue weighted by molar-refractivity contribution is -0.384. The molecule has 1 amide bonds. The maximum Gasteiger partial charge on any atom is 0.271 e. The second-order valence-corrected chi connectivity index (χ2v) is 6.59. The van der Waals surface area contributed by atoms with E-state index in [1.54, 1.807) is 17.0 Å². The first kappa shape index (κ1) is 12.8. The van der Waals surface area contributed by atoms with Crippen molar-refractivity contribution in [3.63, 3.8) is 0 Å². The summed E-state index contributed by atoms with van der Waals surface area (Å²) in [5.41, 5.74) is 1.88. The van der Waals surface area contributed by atoms with Gasteiger partial charge >= 0.3 is 0 Å². The average Bonchev–Trinajstić information content (AvgIpc) is 3.20. The summed E-state index contributed by atoms with van der Waals surface area (Å²) in [5.74, 6) is 1.62. The zero-order valence-electron chi connectivity index (χ0n) is 11.8. The molecule has 1 aliphatic heterocycles. The molecule has 0 aromatic heterocycles. The number of hydrogen-bond donors (Lipinski definition) is 0. The third-order valence-corrected chi connectivity index (χ3v) is 5.50. The van der Waals surface area contributed by atoms with Gasteiger partial charge in [0.1, 0.15) is 0 Å². The summed E-state index contributed by atoms with van der Waals surface area (Å²) in [6.07, 6.45) is 5.48. The van der Waals surface area contributed by atoms with Gasteiger partial charge in [0.15, 0.2) is 0 Å². The molecule has 0 saturated heterocycles. The minimum absolute atomic E-state index is 0.0707. The Kier molecular flexibility index (Phi) is 2.77. The fourth-order valence-electron chi connectivity index (χ4n) is 4.46. The molecule has 110 valence electrons. The third kappa shape index (κ3) is 1.94. The van der Waals surface area contributed by atoms with Gasteiger partial charge in [-0.1, -0.05) is 12.5 Å². The van der Waals surface area contributed by atoms with Crippen LogP contribution >= 0.6 is 0 Å². The van der Waals surface area contributed by atoms with Gasteiger partial charge in [-0.15, -0.1) is 0 Å². The van der Waals surface area contributed by atoms with Gasteiger partial charge < -0.3 is 4.90 Å². The summed E-state index contributed by atoms with van der Waals surface area (Å²) in [7, 11) is 0. The predicted molar refractivity (Wildman–Crippen MR) is 78.1 cm³/mol. The van der Waals surface area contributed by atoms with Crippen LogP contribution in [-0.2, 0) is 11.2 Å². The van der Waals surface area contributed by atoms with E-state index in [9.17, 15) is 14.9 Å². The van der Waals surface area contributed by atoms with E-state index in [0.717, 1.165) is 30.0 Å². The van der Waals surface area contributed by atoms with Crippen molar-refractivity contribution in [2.45, 2.75) is 32.1 Å². The van der Waals surface area contributed by atoms with E-state index in [4.69, 9.17) is 0 Å². The fraction of sp³-hybridized carbons (Fsp3) is 0.562. The van der Waals surface area contributed by atoms with Gasteiger partial charge in [0.2, 0.25) is 5.91 Å². The lowest BCUT2D eigenvalue weighted by Gasteiger charge is -2.26.